The Bertz CT molecular complexity index is 475. The number of carbonyl (C=O) groups excluding carboxylic acids is 1. The summed E-state index contributed by atoms with van der Waals surface area (Å²) in [6.07, 6.45) is 0. The first-order valence-electron chi connectivity index (χ1n) is 3.70. The van der Waals surface area contributed by atoms with E-state index in [2.05, 4.69) is 12.6 Å². The lowest BCUT2D eigenvalue weighted by Gasteiger charge is -1.89. The van der Waals surface area contributed by atoms with E-state index in [4.69, 9.17) is 5.73 Å². The van der Waals surface area contributed by atoms with Gasteiger partial charge in [0.05, 0.1) is 0 Å². The van der Waals surface area contributed by atoms with Gasteiger partial charge in [0.2, 0.25) is 0 Å². The number of primary amides is 1. The highest BCUT2D eigenvalue weighted by molar-refractivity contribution is 7.81. The number of nitrogens with two attached hydrogens (primary N) is 1. The SMILES string of the molecule is NC(=O)c1sc2ccccc2c1S. The molecule has 1 amide bonds. The van der Waals surface area contributed by atoms with Crippen molar-refractivity contribution in [1.29, 1.82) is 0 Å². The summed E-state index contributed by atoms with van der Waals surface area (Å²) in [6.45, 7) is 0. The molecule has 0 saturated carbocycles. The summed E-state index contributed by atoms with van der Waals surface area (Å²) in [7, 11) is 0. The number of carbonyl (C=O) groups is 1. The largest absolute Gasteiger partial charge is 0.365 e. The molecule has 0 fully saturated rings. The predicted octanol–water partition coefficient (Wildman–Crippen LogP) is 2.29. The van der Waals surface area contributed by atoms with E-state index in [9.17, 15) is 4.79 Å². The monoisotopic (exact) mass is 209 g/mol. The first-order chi connectivity index (χ1) is 6.20. The van der Waals surface area contributed by atoms with E-state index in [-0.39, 0.29) is 0 Å². The third-order valence-electron chi connectivity index (χ3n) is 1.79. The summed E-state index contributed by atoms with van der Waals surface area (Å²) in [5, 5.41) is 0.990. The number of rotatable bonds is 1. The van der Waals surface area contributed by atoms with Crippen molar-refractivity contribution in [2.24, 2.45) is 5.73 Å². The van der Waals surface area contributed by atoms with Crippen LogP contribution in [-0.4, -0.2) is 5.91 Å². The Balaban J connectivity index is 2.81. The van der Waals surface area contributed by atoms with Crippen LogP contribution in [0.2, 0.25) is 0 Å². The highest BCUT2D eigenvalue weighted by atomic mass is 32.1. The molecule has 4 heteroatoms. The second kappa shape index (κ2) is 3.05. The summed E-state index contributed by atoms with van der Waals surface area (Å²) in [6, 6.07) is 7.73. The molecule has 1 aromatic carbocycles. The molecule has 0 saturated heterocycles. The first kappa shape index (κ1) is 8.59. The number of amides is 1. The third kappa shape index (κ3) is 1.32. The molecule has 0 radical (unpaired) electrons. The fourth-order valence-electron chi connectivity index (χ4n) is 1.20. The van der Waals surface area contributed by atoms with Crippen LogP contribution in [0.5, 0.6) is 0 Å². The van der Waals surface area contributed by atoms with Gasteiger partial charge in [-0.25, -0.2) is 0 Å². The first-order valence-corrected chi connectivity index (χ1v) is 4.97. The molecular formula is C9H7NOS2. The van der Waals surface area contributed by atoms with E-state index in [1.807, 2.05) is 24.3 Å². The molecule has 1 heterocycles. The van der Waals surface area contributed by atoms with E-state index < -0.39 is 5.91 Å². The van der Waals surface area contributed by atoms with Crippen LogP contribution in [0.1, 0.15) is 9.67 Å². The van der Waals surface area contributed by atoms with Crippen molar-refractivity contribution in [3.63, 3.8) is 0 Å². The number of thiophene rings is 1. The fraction of sp³-hybridized carbons (Fsp3) is 0. The van der Waals surface area contributed by atoms with E-state index in [1.54, 1.807) is 0 Å². The minimum atomic E-state index is -0.411. The molecule has 1 aromatic heterocycles. The van der Waals surface area contributed by atoms with Gasteiger partial charge in [0, 0.05) is 15.0 Å². The summed E-state index contributed by atoms with van der Waals surface area (Å²) in [5.41, 5.74) is 5.20. The number of benzene rings is 1. The van der Waals surface area contributed by atoms with Gasteiger partial charge in [-0.1, -0.05) is 18.2 Å². The predicted molar refractivity (Wildman–Crippen MR) is 57.6 cm³/mol. The maximum atomic E-state index is 11.0. The molecule has 0 spiro atoms. The van der Waals surface area contributed by atoms with E-state index in [0.29, 0.717) is 9.77 Å². The van der Waals surface area contributed by atoms with Crippen molar-refractivity contribution < 1.29 is 4.79 Å². The molecule has 2 nitrogen and oxygen atoms in total. The molecule has 2 aromatic rings. The molecule has 66 valence electrons. The maximum absolute atomic E-state index is 11.0. The molecule has 0 aliphatic heterocycles. The van der Waals surface area contributed by atoms with Crippen LogP contribution in [-0.2, 0) is 0 Å². The Morgan fingerprint density at radius 3 is 2.69 bits per heavy atom. The van der Waals surface area contributed by atoms with Gasteiger partial charge in [-0.2, -0.15) is 0 Å². The lowest BCUT2D eigenvalue weighted by atomic mass is 10.2. The Morgan fingerprint density at radius 2 is 2.08 bits per heavy atom. The minimum absolute atomic E-state index is 0.411. The van der Waals surface area contributed by atoms with Gasteiger partial charge in [0.15, 0.2) is 0 Å². The zero-order valence-electron chi connectivity index (χ0n) is 6.65. The molecule has 0 unspecified atom stereocenters. The van der Waals surface area contributed by atoms with Gasteiger partial charge in [-0.15, -0.1) is 24.0 Å². The van der Waals surface area contributed by atoms with Crippen LogP contribution in [0.15, 0.2) is 29.2 Å². The van der Waals surface area contributed by atoms with Gasteiger partial charge in [-0.3, -0.25) is 4.79 Å². The summed E-state index contributed by atoms with van der Waals surface area (Å²) >= 11 is 5.64. The highest BCUT2D eigenvalue weighted by Crippen LogP contribution is 2.33. The molecule has 0 aliphatic rings. The Labute approximate surface area is 84.8 Å². The molecule has 2 rings (SSSR count). The van der Waals surface area contributed by atoms with Crippen molar-refractivity contribution in [3.8, 4) is 0 Å². The van der Waals surface area contributed by atoms with Crippen LogP contribution < -0.4 is 5.73 Å². The van der Waals surface area contributed by atoms with Crippen molar-refractivity contribution >= 4 is 40.0 Å². The second-order valence-electron chi connectivity index (χ2n) is 2.64. The third-order valence-corrected chi connectivity index (χ3v) is 3.59. The van der Waals surface area contributed by atoms with Gasteiger partial charge < -0.3 is 5.73 Å². The summed E-state index contributed by atoms with van der Waals surface area (Å²) in [4.78, 5) is 12.2. The second-order valence-corrected chi connectivity index (χ2v) is 4.14. The zero-order chi connectivity index (χ0) is 9.42. The van der Waals surface area contributed by atoms with E-state index in [0.717, 1.165) is 10.1 Å². The van der Waals surface area contributed by atoms with Gasteiger partial charge in [-0.05, 0) is 6.07 Å². The fourth-order valence-corrected chi connectivity index (χ4v) is 2.67. The number of fused-ring (bicyclic) bond motifs is 1. The topological polar surface area (TPSA) is 43.1 Å². The standard InChI is InChI=1S/C9H7NOS2/c10-9(11)8-7(12)5-3-1-2-4-6(5)13-8/h1-4,12H,(H2,10,11). The number of hydrogen-bond acceptors (Lipinski definition) is 3. The smallest absolute Gasteiger partial charge is 0.259 e. The van der Waals surface area contributed by atoms with Gasteiger partial charge in [0.25, 0.3) is 5.91 Å². The quantitative estimate of drug-likeness (QED) is 0.695. The Kier molecular flexibility index (Phi) is 2.01. The van der Waals surface area contributed by atoms with Crippen LogP contribution in [0.3, 0.4) is 0 Å². The average molecular weight is 209 g/mol. The van der Waals surface area contributed by atoms with Crippen molar-refractivity contribution in [2.45, 2.75) is 4.90 Å². The van der Waals surface area contributed by atoms with E-state index >= 15 is 0 Å². The Morgan fingerprint density at radius 1 is 1.38 bits per heavy atom. The molecule has 0 aliphatic carbocycles. The minimum Gasteiger partial charge on any atom is -0.365 e. The summed E-state index contributed by atoms with van der Waals surface area (Å²) < 4.78 is 1.04. The lowest BCUT2D eigenvalue weighted by Crippen LogP contribution is -2.09. The van der Waals surface area contributed by atoms with Crippen LogP contribution in [0.25, 0.3) is 10.1 Å². The molecule has 13 heavy (non-hydrogen) atoms. The maximum Gasteiger partial charge on any atom is 0.259 e. The van der Waals surface area contributed by atoms with E-state index in [1.165, 1.54) is 11.3 Å². The van der Waals surface area contributed by atoms with Gasteiger partial charge in [0.1, 0.15) is 4.88 Å². The Hall–Kier alpha value is -1.00. The normalized spacial score (nSPS) is 10.5. The van der Waals surface area contributed by atoms with Crippen LogP contribution >= 0.6 is 24.0 Å². The van der Waals surface area contributed by atoms with Crippen LogP contribution in [0.4, 0.5) is 0 Å². The van der Waals surface area contributed by atoms with Crippen molar-refractivity contribution in [3.05, 3.63) is 29.1 Å². The molecule has 0 atom stereocenters. The number of thiol groups is 1. The zero-order valence-corrected chi connectivity index (χ0v) is 8.36. The molecular weight excluding hydrogens is 202 g/mol. The van der Waals surface area contributed by atoms with Crippen molar-refractivity contribution in [1.82, 2.24) is 0 Å². The average Bonchev–Trinajstić information content (AvgIpc) is 2.45. The molecule has 0 bridgehead atoms. The number of hydrogen-bond donors (Lipinski definition) is 2. The van der Waals surface area contributed by atoms with Gasteiger partial charge >= 0.3 is 0 Å². The van der Waals surface area contributed by atoms with Crippen molar-refractivity contribution in [2.75, 3.05) is 0 Å². The molecule has 2 N–H and O–H groups in total. The summed E-state index contributed by atoms with van der Waals surface area (Å²) in [5.74, 6) is -0.411. The van der Waals surface area contributed by atoms with Crippen LogP contribution in [0, 0.1) is 0 Å². The highest BCUT2D eigenvalue weighted by Gasteiger charge is 2.12. The lowest BCUT2D eigenvalue weighted by molar-refractivity contribution is 0.100.